The molecule has 1 aromatic carbocycles. The Labute approximate surface area is 202 Å². The van der Waals surface area contributed by atoms with E-state index in [0.29, 0.717) is 11.3 Å². The molecule has 2 bridgehead atoms. The normalized spacial score (nSPS) is 18.9. The molecule has 4 N–H and O–H groups in total. The number of rotatable bonds is 2. The van der Waals surface area contributed by atoms with E-state index < -0.39 is 35.8 Å². The fourth-order valence-electron chi connectivity index (χ4n) is 3.46. The molecule has 0 aliphatic carbocycles. The number of carbonyl (C=O) groups excluding carboxylic acids is 4. The van der Waals surface area contributed by atoms with Crippen molar-refractivity contribution in [1.29, 1.82) is 0 Å². The van der Waals surface area contributed by atoms with Crippen molar-refractivity contribution >= 4 is 23.6 Å². The summed E-state index contributed by atoms with van der Waals surface area (Å²) in [7, 11) is 0. The van der Waals surface area contributed by atoms with Gasteiger partial charge in [0.25, 0.3) is 11.8 Å². The summed E-state index contributed by atoms with van der Waals surface area (Å²) in [5, 5.41) is 18.0. The second kappa shape index (κ2) is 11.9. The third-order valence-corrected chi connectivity index (χ3v) is 5.41. The number of nitrogens with zero attached hydrogens (tertiary/aromatic N) is 2. The summed E-state index contributed by atoms with van der Waals surface area (Å²) in [6.45, 7) is 3.32. The highest BCUT2D eigenvalue weighted by Crippen LogP contribution is 2.20. The molecule has 11 heteroatoms. The minimum atomic E-state index is -1.23. The lowest BCUT2D eigenvalue weighted by molar-refractivity contribution is -0.125. The Bertz CT molecular complexity index is 1080. The Morgan fingerprint density at radius 1 is 1.14 bits per heavy atom. The van der Waals surface area contributed by atoms with Crippen LogP contribution in [0.1, 0.15) is 33.2 Å². The molecule has 0 saturated carbocycles. The van der Waals surface area contributed by atoms with Crippen LogP contribution in [0.5, 0.6) is 5.75 Å². The number of fused-ring (bicyclic) bond motifs is 2. The third-order valence-electron chi connectivity index (χ3n) is 5.41. The quantitative estimate of drug-likeness (QED) is 0.455. The van der Waals surface area contributed by atoms with Gasteiger partial charge in [0, 0.05) is 36.6 Å². The van der Waals surface area contributed by atoms with Gasteiger partial charge in [-0.25, -0.2) is 0 Å². The predicted octanol–water partition coefficient (Wildman–Crippen LogP) is -0.364. The van der Waals surface area contributed by atoms with E-state index in [1.165, 1.54) is 42.4 Å². The maximum absolute atomic E-state index is 13.0. The van der Waals surface area contributed by atoms with Gasteiger partial charge in [0.15, 0.2) is 0 Å². The van der Waals surface area contributed by atoms with Gasteiger partial charge in [0.1, 0.15) is 18.4 Å². The Kier molecular flexibility index (Phi) is 8.74. The largest absolute Gasteiger partial charge is 0.491 e. The van der Waals surface area contributed by atoms with Crippen LogP contribution in [-0.4, -0.2) is 83.6 Å². The molecule has 2 heterocycles. The molecule has 0 saturated heterocycles. The zero-order valence-electron chi connectivity index (χ0n) is 19.6. The van der Waals surface area contributed by atoms with E-state index in [-0.39, 0.29) is 38.3 Å². The highest BCUT2D eigenvalue weighted by atomic mass is 16.5. The fraction of sp³-hybridized carbons (Fsp3) is 0.375. The van der Waals surface area contributed by atoms with Crippen LogP contribution in [0, 0.1) is 6.92 Å². The molecule has 11 nitrogen and oxygen atoms in total. The van der Waals surface area contributed by atoms with Gasteiger partial charge in [0.05, 0.1) is 19.2 Å². The number of nitrogens with one attached hydrogen (secondary N) is 3. The van der Waals surface area contributed by atoms with Crippen molar-refractivity contribution in [2.24, 2.45) is 0 Å². The van der Waals surface area contributed by atoms with Crippen molar-refractivity contribution in [3.63, 3.8) is 0 Å². The first kappa shape index (κ1) is 25.6. The molecule has 0 spiro atoms. The molecule has 35 heavy (non-hydrogen) atoms. The molecule has 2 atom stereocenters. The lowest BCUT2D eigenvalue weighted by atomic mass is 10.1. The van der Waals surface area contributed by atoms with Crippen molar-refractivity contribution < 1.29 is 29.0 Å². The Morgan fingerprint density at radius 2 is 1.89 bits per heavy atom. The fourth-order valence-corrected chi connectivity index (χ4v) is 3.46. The summed E-state index contributed by atoms with van der Waals surface area (Å²) in [4.78, 5) is 56.2. The molecule has 4 amide bonds. The van der Waals surface area contributed by atoms with E-state index in [1.807, 2.05) is 6.92 Å². The SMILES string of the molecule is Cc1ccc2cc1OCCNC(=O)CN(C(=O)c1ccncc1)CCNC(=O)[C@H]([C@@H](C)O)NC2=O. The number of carbonyl (C=O) groups is 4. The zero-order valence-corrected chi connectivity index (χ0v) is 19.6. The molecular formula is C24H29N5O6. The molecule has 1 aromatic heterocycles. The summed E-state index contributed by atoms with van der Waals surface area (Å²) >= 11 is 0. The lowest BCUT2D eigenvalue weighted by Crippen LogP contribution is -2.53. The van der Waals surface area contributed by atoms with E-state index in [4.69, 9.17) is 4.74 Å². The van der Waals surface area contributed by atoms with Gasteiger partial charge in [-0.1, -0.05) is 6.07 Å². The summed E-state index contributed by atoms with van der Waals surface area (Å²) in [5.41, 5.74) is 1.38. The molecule has 2 aromatic rings. The van der Waals surface area contributed by atoms with Crippen LogP contribution in [0.25, 0.3) is 0 Å². The molecule has 0 radical (unpaired) electrons. The molecule has 0 fully saturated rings. The van der Waals surface area contributed by atoms with Crippen molar-refractivity contribution in [3.05, 3.63) is 59.4 Å². The van der Waals surface area contributed by atoms with Gasteiger partial charge < -0.3 is 30.7 Å². The van der Waals surface area contributed by atoms with Crippen molar-refractivity contribution in [3.8, 4) is 5.75 Å². The molecule has 1 aliphatic heterocycles. The number of hydrogen-bond donors (Lipinski definition) is 4. The lowest BCUT2D eigenvalue weighted by Gasteiger charge is -2.24. The van der Waals surface area contributed by atoms with Gasteiger partial charge in [-0.15, -0.1) is 0 Å². The minimum Gasteiger partial charge on any atom is -0.491 e. The van der Waals surface area contributed by atoms with Crippen LogP contribution in [0.15, 0.2) is 42.7 Å². The van der Waals surface area contributed by atoms with Gasteiger partial charge in [-0.2, -0.15) is 0 Å². The first-order valence-corrected chi connectivity index (χ1v) is 11.2. The monoisotopic (exact) mass is 483 g/mol. The van der Waals surface area contributed by atoms with Crippen molar-refractivity contribution in [2.75, 3.05) is 32.8 Å². The second-order valence-corrected chi connectivity index (χ2v) is 8.12. The number of aryl methyl sites for hydroxylation is 1. The van der Waals surface area contributed by atoms with Crippen LogP contribution >= 0.6 is 0 Å². The average Bonchev–Trinajstić information content (AvgIpc) is 2.84. The minimum absolute atomic E-state index is 0.000180. The number of benzene rings is 1. The first-order valence-electron chi connectivity index (χ1n) is 11.2. The van der Waals surface area contributed by atoms with Crippen LogP contribution in [0.2, 0.25) is 0 Å². The van der Waals surface area contributed by atoms with Crippen LogP contribution < -0.4 is 20.7 Å². The Hall–Kier alpha value is -3.99. The number of ether oxygens (including phenoxy) is 1. The topological polar surface area (TPSA) is 150 Å². The Morgan fingerprint density at radius 3 is 2.60 bits per heavy atom. The summed E-state index contributed by atoms with van der Waals surface area (Å²) in [6, 6.07) is 6.67. The molecule has 186 valence electrons. The highest BCUT2D eigenvalue weighted by Gasteiger charge is 2.27. The van der Waals surface area contributed by atoms with E-state index in [0.717, 1.165) is 5.56 Å². The van der Waals surface area contributed by atoms with Gasteiger partial charge in [-0.3, -0.25) is 24.2 Å². The highest BCUT2D eigenvalue weighted by molar-refractivity contribution is 5.98. The van der Waals surface area contributed by atoms with Gasteiger partial charge >= 0.3 is 0 Å². The zero-order chi connectivity index (χ0) is 25.4. The number of pyridine rings is 1. The van der Waals surface area contributed by atoms with Crippen molar-refractivity contribution in [2.45, 2.75) is 26.0 Å². The van der Waals surface area contributed by atoms with E-state index in [9.17, 15) is 24.3 Å². The van der Waals surface area contributed by atoms with Crippen LogP contribution in [0.3, 0.4) is 0 Å². The first-order chi connectivity index (χ1) is 16.8. The van der Waals surface area contributed by atoms with E-state index in [2.05, 4.69) is 20.9 Å². The van der Waals surface area contributed by atoms with Crippen LogP contribution in [-0.2, 0) is 9.59 Å². The maximum atomic E-state index is 13.0. The molecule has 1 aliphatic rings. The Balaban J connectivity index is 1.83. The predicted molar refractivity (Wildman–Crippen MR) is 126 cm³/mol. The smallest absolute Gasteiger partial charge is 0.254 e. The number of amides is 4. The third kappa shape index (κ3) is 7.00. The molecule has 0 unspecified atom stereocenters. The van der Waals surface area contributed by atoms with E-state index >= 15 is 0 Å². The average molecular weight is 484 g/mol. The van der Waals surface area contributed by atoms with Crippen molar-refractivity contribution in [1.82, 2.24) is 25.8 Å². The molecule has 3 rings (SSSR count). The van der Waals surface area contributed by atoms with Gasteiger partial charge in [0.2, 0.25) is 11.8 Å². The maximum Gasteiger partial charge on any atom is 0.254 e. The summed E-state index contributed by atoms with van der Waals surface area (Å²) < 4.78 is 5.73. The van der Waals surface area contributed by atoms with E-state index in [1.54, 1.807) is 12.1 Å². The summed E-state index contributed by atoms with van der Waals surface area (Å²) in [6.07, 6.45) is 1.76. The molecular weight excluding hydrogens is 454 g/mol. The number of aromatic nitrogens is 1. The second-order valence-electron chi connectivity index (χ2n) is 8.12. The number of hydrogen-bond acceptors (Lipinski definition) is 7. The summed E-state index contributed by atoms with van der Waals surface area (Å²) in [5.74, 6) is -1.53. The van der Waals surface area contributed by atoms with Crippen LogP contribution in [0.4, 0.5) is 0 Å². The standard InChI is InChI=1S/C24H29N5O6/c1-15-3-4-18-13-19(15)35-12-10-26-20(31)14-29(24(34)17-5-7-25-8-6-17)11-9-27-23(33)21(16(2)30)28-22(18)32/h3-8,13,16,21,30H,9-12,14H2,1-2H3,(H,26,31)(H,27,33)(H,28,32)/t16-,21+/m1/s1. The van der Waals surface area contributed by atoms with Gasteiger partial charge in [-0.05, 0) is 43.7 Å². The number of aliphatic hydroxyl groups is 1. The number of aliphatic hydroxyl groups excluding tert-OH is 1.